The minimum Gasteiger partial charge on any atom is -0.352 e. The van der Waals surface area contributed by atoms with E-state index in [1.165, 1.54) is 0 Å². The molecule has 3 amide bonds. The second-order valence-corrected chi connectivity index (χ2v) is 9.08. The number of amides is 3. The molecule has 0 aromatic heterocycles. The summed E-state index contributed by atoms with van der Waals surface area (Å²) in [6.07, 6.45) is 2.13. The molecule has 0 unspecified atom stereocenters. The quantitative estimate of drug-likeness (QED) is 0.674. The number of likely N-dealkylation sites (tertiary alicyclic amines) is 1. The van der Waals surface area contributed by atoms with E-state index in [0.717, 1.165) is 17.5 Å². The maximum atomic E-state index is 13.1. The van der Waals surface area contributed by atoms with Gasteiger partial charge in [0.15, 0.2) is 0 Å². The van der Waals surface area contributed by atoms with Crippen molar-refractivity contribution in [2.24, 2.45) is 5.92 Å². The van der Waals surface area contributed by atoms with Gasteiger partial charge in [-0.1, -0.05) is 42.8 Å². The van der Waals surface area contributed by atoms with Crippen molar-refractivity contribution in [3.63, 3.8) is 0 Å². The highest BCUT2D eigenvalue weighted by molar-refractivity contribution is 5.99. The Labute approximate surface area is 196 Å². The first-order valence-corrected chi connectivity index (χ1v) is 11.8. The molecule has 176 valence electrons. The first-order valence-electron chi connectivity index (χ1n) is 11.8. The molecule has 1 saturated heterocycles. The third-order valence-corrected chi connectivity index (χ3v) is 6.52. The number of hydrogen-bond acceptors (Lipinski definition) is 3. The van der Waals surface area contributed by atoms with Crippen LogP contribution in [0.2, 0.25) is 0 Å². The van der Waals surface area contributed by atoms with Gasteiger partial charge < -0.3 is 15.5 Å². The van der Waals surface area contributed by atoms with Crippen molar-refractivity contribution < 1.29 is 14.4 Å². The van der Waals surface area contributed by atoms with E-state index in [1.807, 2.05) is 75.1 Å². The SMILES string of the molecule is CC[C@@H](C)NC(=O)[C@@H](NC(=O)c1ccccc1C)C1CCN(C(=O)c2cccc(C)c2)CC1. The predicted molar refractivity (Wildman–Crippen MR) is 130 cm³/mol. The molecule has 0 bridgehead atoms. The Morgan fingerprint density at radius 2 is 1.70 bits per heavy atom. The Morgan fingerprint density at radius 3 is 2.33 bits per heavy atom. The van der Waals surface area contributed by atoms with E-state index in [1.54, 1.807) is 6.07 Å². The van der Waals surface area contributed by atoms with Crippen LogP contribution >= 0.6 is 0 Å². The predicted octanol–water partition coefficient (Wildman–Crippen LogP) is 3.87. The van der Waals surface area contributed by atoms with E-state index in [0.29, 0.717) is 37.1 Å². The molecule has 0 aliphatic carbocycles. The van der Waals surface area contributed by atoms with Gasteiger partial charge in [-0.2, -0.15) is 0 Å². The van der Waals surface area contributed by atoms with Gasteiger partial charge in [-0.3, -0.25) is 14.4 Å². The van der Waals surface area contributed by atoms with Gasteiger partial charge in [0.05, 0.1) is 0 Å². The van der Waals surface area contributed by atoms with E-state index in [4.69, 9.17) is 0 Å². The zero-order valence-electron chi connectivity index (χ0n) is 20.1. The van der Waals surface area contributed by atoms with Crippen LogP contribution in [0.1, 0.15) is 65.0 Å². The average molecular weight is 450 g/mol. The van der Waals surface area contributed by atoms with E-state index >= 15 is 0 Å². The fourth-order valence-electron chi connectivity index (χ4n) is 4.28. The minimum atomic E-state index is -0.637. The van der Waals surface area contributed by atoms with Gasteiger partial charge in [0, 0.05) is 30.3 Å². The molecular weight excluding hydrogens is 414 g/mol. The molecule has 2 N–H and O–H groups in total. The Kier molecular flexibility index (Phi) is 8.26. The normalized spacial score (nSPS) is 16.1. The molecule has 1 heterocycles. The molecule has 6 heteroatoms. The molecule has 1 aliphatic rings. The highest BCUT2D eigenvalue weighted by Gasteiger charge is 2.34. The summed E-state index contributed by atoms with van der Waals surface area (Å²) < 4.78 is 0. The third-order valence-electron chi connectivity index (χ3n) is 6.52. The Balaban J connectivity index is 1.71. The van der Waals surface area contributed by atoms with Gasteiger partial charge in [0.2, 0.25) is 5.91 Å². The third kappa shape index (κ3) is 6.21. The molecule has 0 radical (unpaired) electrons. The number of carbonyl (C=O) groups is 3. The van der Waals surface area contributed by atoms with Crippen molar-refractivity contribution in [1.82, 2.24) is 15.5 Å². The Hall–Kier alpha value is -3.15. The zero-order valence-corrected chi connectivity index (χ0v) is 20.1. The van der Waals surface area contributed by atoms with Crippen LogP contribution in [0.5, 0.6) is 0 Å². The van der Waals surface area contributed by atoms with Crippen LogP contribution < -0.4 is 10.6 Å². The number of piperidine rings is 1. The second kappa shape index (κ2) is 11.1. The van der Waals surface area contributed by atoms with Gasteiger partial charge >= 0.3 is 0 Å². The lowest BCUT2D eigenvalue weighted by Crippen LogP contribution is -2.55. The van der Waals surface area contributed by atoms with E-state index in [9.17, 15) is 14.4 Å². The van der Waals surface area contributed by atoms with Crippen LogP contribution in [0, 0.1) is 19.8 Å². The second-order valence-electron chi connectivity index (χ2n) is 9.08. The number of benzene rings is 2. The maximum Gasteiger partial charge on any atom is 0.253 e. The number of hydrogen-bond donors (Lipinski definition) is 2. The average Bonchev–Trinajstić information content (AvgIpc) is 2.82. The van der Waals surface area contributed by atoms with E-state index in [-0.39, 0.29) is 29.7 Å². The molecular formula is C27H35N3O3. The van der Waals surface area contributed by atoms with E-state index < -0.39 is 6.04 Å². The zero-order chi connectivity index (χ0) is 24.0. The van der Waals surface area contributed by atoms with Gasteiger partial charge in [0.25, 0.3) is 11.8 Å². The van der Waals surface area contributed by atoms with Crippen LogP contribution in [-0.4, -0.2) is 47.8 Å². The topological polar surface area (TPSA) is 78.5 Å². The summed E-state index contributed by atoms with van der Waals surface area (Å²) in [5, 5.41) is 6.03. The molecule has 2 aromatic carbocycles. The molecule has 2 atom stereocenters. The summed E-state index contributed by atoms with van der Waals surface area (Å²) >= 11 is 0. The summed E-state index contributed by atoms with van der Waals surface area (Å²) in [6.45, 7) is 8.96. The van der Waals surface area contributed by atoms with Gasteiger partial charge in [-0.05, 0) is 69.7 Å². The Morgan fingerprint density at radius 1 is 1.00 bits per heavy atom. The number of rotatable bonds is 7. The van der Waals surface area contributed by atoms with Gasteiger partial charge in [-0.25, -0.2) is 0 Å². The first-order chi connectivity index (χ1) is 15.8. The highest BCUT2D eigenvalue weighted by Crippen LogP contribution is 2.23. The van der Waals surface area contributed by atoms with Crippen molar-refractivity contribution >= 4 is 17.7 Å². The smallest absolute Gasteiger partial charge is 0.253 e. The van der Waals surface area contributed by atoms with Crippen LogP contribution in [-0.2, 0) is 4.79 Å². The van der Waals surface area contributed by atoms with Crippen LogP contribution in [0.25, 0.3) is 0 Å². The molecule has 0 saturated carbocycles. The largest absolute Gasteiger partial charge is 0.352 e. The fourth-order valence-corrected chi connectivity index (χ4v) is 4.28. The fraction of sp³-hybridized carbons (Fsp3) is 0.444. The summed E-state index contributed by atoms with van der Waals surface area (Å²) in [7, 11) is 0. The van der Waals surface area contributed by atoms with Crippen molar-refractivity contribution in [1.29, 1.82) is 0 Å². The lowest BCUT2D eigenvalue weighted by Gasteiger charge is -2.36. The summed E-state index contributed by atoms with van der Waals surface area (Å²) in [5.74, 6) is -0.421. The number of aryl methyl sites for hydroxylation is 2. The Bertz CT molecular complexity index is 996. The van der Waals surface area contributed by atoms with Crippen LogP contribution in [0.15, 0.2) is 48.5 Å². The maximum absolute atomic E-state index is 13.1. The van der Waals surface area contributed by atoms with Crippen molar-refractivity contribution in [3.05, 3.63) is 70.8 Å². The molecule has 3 rings (SSSR count). The standard InChI is InChI=1S/C27H35N3O3/c1-5-20(4)28-26(32)24(29-25(31)23-12-7-6-10-19(23)3)21-13-15-30(16-14-21)27(33)22-11-8-9-18(2)17-22/h6-12,17,20-21,24H,5,13-16H2,1-4H3,(H,28,32)(H,29,31)/t20-,24+/m1/s1. The molecule has 33 heavy (non-hydrogen) atoms. The summed E-state index contributed by atoms with van der Waals surface area (Å²) in [6, 6.07) is 14.4. The van der Waals surface area contributed by atoms with Gasteiger partial charge in [0.1, 0.15) is 6.04 Å². The lowest BCUT2D eigenvalue weighted by molar-refractivity contribution is -0.125. The number of nitrogens with one attached hydrogen (secondary N) is 2. The van der Waals surface area contributed by atoms with Crippen LogP contribution in [0.3, 0.4) is 0 Å². The minimum absolute atomic E-state index is 0.0155. The molecule has 6 nitrogen and oxygen atoms in total. The number of nitrogens with zero attached hydrogens (tertiary/aromatic N) is 1. The lowest BCUT2D eigenvalue weighted by atomic mass is 9.88. The molecule has 2 aromatic rings. The monoisotopic (exact) mass is 449 g/mol. The van der Waals surface area contributed by atoms with Crippen molar-refractivity contribution in [2.75, 3.05) is 13.1 Å². The van der Waals surface area contributed by atoms with Crippen molar-refractivity contribution in [2.45, 2.75) is 59.0 Å². The molecule has 1 aliphatic heterocycles. The van der Waals surface area contributed by atoms with Crippen LogP contribution in [0.4, 0.5) is 0 Å². The highest BCUT2D eigenvalue weighted by atomic mass is 16.2. The van der Waals surface area contributed by atoms with E-state index in [2.05, 4.69) is 10.6 Å². The van der Waals surface area contributed by atoms with Gasteiger partial charge in [-0.15, -0.1) is 0 Å². The van der Waals surface area contributed by atoms with Crippen molar-refractivity contribution in [3.8, 4) is 0 Å². The molecule has 1 fully saturated rings. The molecule has 0 spiro atoms. The summed E-state index contributed by atoms with van der Waals surface area (Å²) in [5.41, 5.74) is 3.18. The number of carbonyl (C=O) groups excluding carboxylic acids is 3. The first kappa shape index (κ1) is 24.5. The summed E-state index contributed by atoms with van der Waals surface area (Å²) in [4.78, 5) is 40.9.